The Labute approximate surface area is 230 Å². The Hall–Kier alpha value is -2.45. The fourth-order valence-electron chi connectivity index (χ4n) is 3.75. The van der Waals surface area contributed by atoms with Crippen molar-refractivity contribution in [2.45, 2.75) is 142 Å². The standard InChI is InChI=1S/C35H54O2/c1-4-7-9-11-13-15-17-19-20-21-23-25-27-29-31-33-35(36)37-34(6-3)32-30-28-26-24-22-18-16-14-12-10-8-5-2/h6,13,15,18-20,22,34H,3-5,7-12,14,16-17,21,23-25,27,29,31,33H2,1-2H3/b15-13-,20-19+,22-18+. The van der Waals surface area contributed by atoms with Gasteiger partial charge in [-0.1, -0.05) is 121 Å². The number of allylic oxidation sites excluding steroid dienone is 6. The SMILES string of the molecule is C=CC(C#CC#CC/C=C/CCCCCCC)OC(=O)CCCCCCC/C=C/C/C=C\CCCCC. The second kappa shape index (κ2) is 29.8. The fraction of sp³-hybridized carbons (Fsp3) is 0.629. The van der Waals surface area contributed by atoms with Crippen LogP contribution in [-0.2, 0) is 9.53 Å². The van der Waals surface area contributed by atoms with Crippen LogP contribution in [0.1, 0.15) is 136 Å². The van der Waals surface area contributed by atoms with Crippen LogP contribution in [0.15, 0.2) is 49.1 Å². The lowest BCUT2D eigenvalue weighted by Crippen LogP contribution is -2.13. The maximum absolute atomic E-state index is 12.1. The number of esters is 1. The Balaban J connectivity index is 3.77. The number of hydrogen-bond acceptors (Lipinski definition) is 2. The highest BCUT2D eigenvalue weighted by Crippen LogP contribution is 2.09. The number of hydrogen-bond donors (Lipinski definition) is 0. The highest BCUT2D eigenvalue weighted by molar-refractivity contribution is 5.70. The summed E-state index contributed by atoms with van der Waals surface area (Å²) in [7, 11) is 0. The van der Waals surface area contributed by atoms with Gasteiger partial charge in [-0.25, -0.2) is 0 Å². The summed E-state index contributed by atoms with van der Waals surface area (Å²) in [6.45, 7) is 8.20. The largest absolute Gasteiger partial charge is 0.445 e. The van der Waals surface area contributed by atoms with Crippen LogP contribution in [0, 0.1) is 23.7 Å². The summed E-state index contributed by atoms with van der Waals surface area (Å²) >= 11 is 0. The quantitative estimate of drug-likeness (QED) is 0.0596. The second-order valence-corrected chi connectivity index (χ2v) is 9.58. The molecule has 0 spiro atoms. The summed E-state index contributed by atoms with van der Waals surface area (Å²) in [6.07, 6.45) is 36.0. The van der Waals surface area contributed by atoms with E-state index in [2.05, 4.69) is 80.6 Å². The Bertz CT molecular complexity index is 748. The van der Waals surface area contributed by atoms with Gasteiger partial charge in [-0.05, 0) is 75.2 Å². The van der Waals surface area contributed by atoms with Crippen molar-refractivity contribution >= 4 is 5.97 Å². The molecule has 206 valence electrons. The van der Waals surface area contributed by atoms with Gasteiger partial charge in [-0.15, -0.1) is 0 Å². The van der Waals surface area contributed by atoms with E-state index in [4.69, 9.17) is 4.74 Å². The van der Waals surface area contributed by atoms with Crippen LogP contribution in [0.4, 0.5) is 0 Å². The zero-order valence-electron chi connectivity index (χ0n) is 24.1. The molecule has 0 aromatic heterocycles. The van der Waals surface area contributed by atoms with Gasteiger partial charge in [0.25, 0.3) is 0 Å². The summed E-state index contributed by atoms with van der Waals surface area (Å²) in [5, 5.41) is 0. The summed E-state index contributed by atoms with van der Waals surface area (Å²) in [6, 6.07) is 0. The molecule has 0 aliphatic carbocycles. The van der Waals surface area contributed by atoms with E-state index in [1.165, 1.54) is 70.6 Å². The Morgan fingerprint density at radius 3 is 1.89 bits per heavy atom. The molecule has 0 heterocycles. The van der Waals surface area contributed by atoms with Gasteiger partial charge in [0.05, 0.1) is 0 Å². The van der Waals surface area contributed by atoms with Crippen LogP contribution in [0.25, 0.3) is 0 Å². The van der Waals surface area contributed by atoms with Crippen LogP contribution in [0.3, 0.4) is 0 Å². The number of carbonyl (C=O) groups excluding carboxylic acids is 1. The van der Waals surface area contributed by atoms with Gasteiger partial charge in [0, 0.05) is 12.8 Å². The monoisotopic (exact) mass is 506 g/mol. The third-order valence-corrected chi connectivity index (χ3v) is 6.03. The summed E-state index contributed by atoms with van der Waals surface area (Å²) in [5.74, 6) is 11.3. The van der Waals surface area contributed by atoms with Crippen LogP contribution >= 0.6 is 0 Å². The molecule has 0 aliphatic rings. The molecule has 0 saturated carbocycles. The van der Waals surface area contributed by atoms with E-state index in [0.717, 1.165) is 38.5 Å². The van der Waals surface area contributed by atoms with E-state index in [1.54, 1.807) is 6.08 Å². The fourth-order valence-corrected chi connectivity index (χ4v) is 3.75. The topological polar surface area (TPSA) is 26.3 Å². The molecule has 0 bridgehead atoms. The maximum atomic E-state index is 12.1. The first-order chi connectivity index (χ1) is 18.2. The zero-order chi connectivity index (χ0) is 27.1. The highest BCUT2D eigenvalue weighted by Gasteiger charge is 2.07. The Morgan fingerprint density at radius 1 is 0.703 bits per heavy atom. The summed E-state index contributed by atoms with van der Waals surface area (Å²) in [5.41, 5.74) is 0. The van der Waals surface area contributed by atoms with Crippen molar-refractivity contribution in [3.63, 3.8) is 0 Å². The van der Waals surface area contributed by atoms with Crippen LogP contribution in [-0.4, -0.2) is 12.1 Å². The molecule has 0 radical (unpaired) electrons. The van der Waals surface area contributed by atoms with Gasteiger partial charge in [0.15, 0.2) is 6.10 Å². The lowest BCUT2D eigenvalue weighted by molar-refractivity contribution is -0.144. The first kappa shape index (κ1) is 34.6. The minimum Gasteiger partial charge on any atom is -0.445 e. The molecule has 2 nitrogen and oxygen atoms in total. The predicted molar refractivity (Wildman–Crippen MR) is 162 cm³/mol. The summed E-state index contributed by atoms with van der Waals surface area (Å²) < 4.78 is 5.39. The molecular weight excluding hydrogens is 452 g/mol. The van der Waals surface area contributed by atoms with E-state index in [0.29, 0.717) is 12.8 Å². The second-order valence-electron chi connectivity index (χ2n) is 9.58. The van der Waals surface area contributed by atoms with Gasteiger partial charge in [-0.2, -0.15) is 0 Å². The molecule has 0 aromatic rings. The molecule has 1 atom stereocenters. The Kier molecular flexibility index (Phi) is 27.8. The molecule has 37 heavy (non-hydrogen) atoms. The first-order valence-corrected chi connectivity index (χ1v) is 15.0. The first-order valence-electron chi connectivity index (χ1n) is 15.0. The van der Waals surface area contributed by atoms with E-state index in [9.17, 15) is 4.79 Å². The highest BCUT2D eigenvalue weighted by atomic mass is 16.5. The van der Waals surface area contributed by atoms with E-state index < -0.39 is 6.10 Å². The molecule has 0 aromatic carbocycles. The average Bonchev–Trinajstić information content (AvgIpc) is 2.90. The van der Waals surface area contributed by atoms with Crippen molar-refractivity contribution < 1.29 is 9.53 Å². The molecule has 0 fully saturated rings. The molecule has 0 amide bonds. The molecule has 0 saturated heterocycles. The van der Waals surface area contributed by atoms with Crippen LogP contribution in [0.5, 0.6) is 0 Å². The minimum absolute atomic E-state index is 0.209. The molecule has 2 heteroatoms. The number of carbonyl (C=O) groups is 1. The van der Waals surface area contributed by atoms with Gasteiger partial charge >= 0.3 is 5.97 Å². The Morgan fingerprint density at radius 2 is 1.24 bits per heavy atom. The smallest absolute Gasteiger partial charge is 0.307 e. The van der Waals surface area contributed by atoms with Gasteiger partial charge in [0.1, 0.15) is 0 Å². The normalized spacial score (nSPS) is 11.8. The van der Waals surface area contributed by atoms with Crippen LogP contribution < -0.4 is 0 Å². The van der Waals surface area contributed by atoms with E-state index in [1.807, 2.05) is 0 Å². The van der Waals surface area contributed by atoms with Gasteiger partial charge in [0.2, 0.25) is 0 Å². The van der Waals surface area contributed by atoms with Crippen molar-refractivity contribution in [2.24, 2.45) is 0 Å². The number of rotatable bonds is 23. The minimum atomic E-state index is -0.585. The third kappa shape index (κ3) is 28.0. The molecule has 1 unspecified atom stereocenters. The molecule has 0 N–H and O–H groups in total. The van der Waals surface area contributed by atoms with Crippen molar-refractivity contribution in [3.8, 4) is 23.7 Å². The average molecular weight is 507 g/mol. The van der Waals surface area contributed by atoms with Crippen molar-refractivity contribution in [3.05, 3.63) is 49.1 Å². The van der Waals surface area contributed by atoms with Crippen molar-refractivity contribution in [1.29, 1.82) is 0 Å². The third-order valence-electron chi connectivity index (χ3n) is 6.03. The van der Waals surface area contributed by atoms with Crippen LogP contribution in [0.2, 0.25) is 0 Å². The lowest BCUT2D eigenvalue weighted by Gasteiger charge is -2.07. The van der Waals surface area contributed by atoms with Crippen molar-refractivity contribution in [1.82, 2.24) is 0 Å². The number of ether oxygens (including phenoxy) is 1. The zero-order valence-corrected chi connectivity index (χ0v) is 24.1. The van der Waals surface area contributed by atoms with Crippen molar-refractivity contribution in [2.75, 3.05) is 0 Å². The predicted octanol–water partition coefficient (Wildman–Crippen LogP) is 10.2. The van der Waals surface area contributed by atoms with Gasteiger partial charge < -0.3 is 4.74 Å². The molecule has 0 rings (SSSR count). The molecular formula is C35H54O2. The lowest BCUT2D eigenvalue weighted by atomic mass is 10.1. The summed E-state index contributed by atoms with van der Waals surface area (Å²) in [4.78, 5) is 12.1. The van der Waals surface area contributed by atoms with E-state index >= 15 is 0 Å². The maximum Gasteiger partial charge on any atom is 0.307 e. The van der Waals surface area contributed by atoms with E-state index in [-0.39, 0.29) is 5.97 Å². The number of unbranched alkanes of at least 4 members (excludes halogenated alkanes) is 13. The van der Waals surface area contributed by atoms with Gasteiger partial charge in [-0.3, -0.25) is 4.79 Å². The molecule has 0 aliphatic heterocycles.